The molecule has 4 unspecified atom stereocenters. The first kappa shape index (κ1) is 28.7. The number of hydrogen-bond acceptors (Lipinski definition) is 6. The van der Waals surface area contributed by atoms with Gasteiger partial charge in [0.05, 0.1) is 24.3 Å². The Kier molecular flexibility index (Phi) is 8.72. The summed E-state index contributed by atoms with van der Waals surface area (Å²) in [5.74, 6) is -3.02. The van der Waals surface area contributed by atoms with E-state index in [2.05, 4.69) is 0 Å². The van der Waals surface area contributed by atoms with Crippen LogP contribution in [0.5, 0.6) is 0 Å². The molecule has 1 aliphatic rings. The van der Waals surface area contributed by atoms with Gasteiger partial charge in [0, 0.05) is 34.8 Å². The Morgan fingerprint density at radius 1 is 0.476 bits per heavy atom. The molecule has 42 heavy (non-hydrogen) atoms. The third-order valence-electron chi connectivity index (χ3n) is 7.88. The molecule has 1 fully saturated rings. The molecule has 1 aliphatic carbocycles. The highest BCUT2D eigenvalue weighted by molar-refractivity contribution is 6.07. The average Bonchev–Trinajstić information content (AvgIpc) is 3.02. The number of esters is 2. The van der Waals surface area contributed by atoms with Crippen LogP contribution in [0.2, 0.25) is 0 Å². The van der Waals surface area contributed by atoms with E-state index in [0.717, 1.165) is 11.1 Å². The number of carbonyl (C=O) groups is 4. The molecule has 5 rings (SSSR count). The fourth-order valence-corrected chi connectivity index (χ4v) is 5.93. The summed E-state index contributed by atoms with van der Waals surface area (Å²) >= 11 is 0. The molecule has 0 N–H and O–H groups in total. The Labute approximate surface area is 245 Å². The molecule has 0 saturated heterocycles. The molecule has 0 aliphatic heterocycles. The highest BCUT2D eigenvalue weighted by atomic mass is 16.5. The Bertz CT molecular complexity index is 1440. The second kappa shape index (κ2) is 12.8. The zero-order chi connectivity index (χ0) is 29.6. The van der Waals surface area contributed by atoms with Crippen LogP contribution >= 0.6 is 0 Å². The van der Waals surface area contributed by atoms with Gasteiger partial charge in [-0.1, -0.05) is 84.9 Å². The lowest BCUT2D eigenvalue weighted by atomic mass is 9.49. The third-order valence-corrected chi connectivity index (χ3v) is 7.88. The second-order valence-corrected chi connectivity index (χ2v) is 10.2. The van der Waals surface area contributed by atoms with Gasteiger partial charge in [0.2, 0.25) is 0 Å². The Hall–Kier alpha value is -4.84. The van der Waals surface area contributed by atoms with Crippen LogP contribution in [-0.2, 0) is 9.47 Å². The monoisotopic (exact) mass is 560 g/mol. The molecular formula is C36H32O6. The van der Waals surface area contributed by atoms with Gasteiger partial charge in [-0.2, -0.15) is 0 Å². The van der Waals surface area contributed by atoms with Crippen LogP contribution < -0.4 is 0 Å². The lowest BCUT2D eigenvalue weighted by Gasteiger charge is -2.51. The van der Waals surface area contributed by atoms with Gasteiger partial charge in [0.1, 0.15) is 0 Å². The minimum atomic E-state index is -0.636. The van der Waals surface area contributed by atoms with Gasteiger partial charge in [-0.25, -0.2) is 9.59 Å². The van der Waals surface area contributed by atoms with Crippen molar-refractivity contribution in [3.63, 3.8) is 0 Å². The molecule has 212 valence electrons. The average molecular weight is 561 g/mol. The summed E-state index contributed by atoms with van der Waals surface area (Å²) < 4.78 is 10.3. The first-order chi connectivity index (χ1) is 20.4. The van der Waals surface area contributed by atoms with Gasteiger partial charge in [-0.15, -0.1) is 0 Å². The van der Waals surface area contributed by atoms with E-state index in [1.54, 1.807) is 62.4 Å². The standard InChI is InChI=1S/C36H32O6/c1-3-41-35(39)27-19-15-23(16-20-27)29-30(24-17-21-28(22-18-24)36(40)42-4-2)32(34(38)26-13-9-6-10-14-26)31(29)33(37)25-11-7-5-8-12-25/h5-22,29-32H,3-4H2,1-2H3. The first-order valence-electron chi connectivity index (χ1n) is 14.2. The van der Waals surface area contributed by atoms with Gasteiger partial charge in [0.15, 0.2) is 11.6 Å². The van der Waals surface area contributed by atoms with E-state index in [0.29, 0.717) is 22.3 Å². The molecule has 6 heteroatoms. The van der Waals surface area contributed by atoms with Crippen molar-refractivity contribution in [2.75, 3.05) is 13.2 Å². The summed E-state index contributed by atoms with van der Waals surface area (Å²) in [7, 11) is 0. The number of ketones is 2. The van der Waals surface area contributed by atoms with Gasteiger partial charge in [-0.05, 0) is 49.2 Å². The zero-order valence-electron chi connectivity index (χ0n) is 23.6. The van der Waals surface area contributed by atoms with Crippen molar-refractivity contribution in [2.24, 2.45) is 11.8 Å². The van der Waals surface area contributed by atoms with Gasteiger partial charge in [0.25, 0.3) is 0 Å². The Morgan fingerprint density at radius 3 is 1.12 bits per heavy atom. The first-order valence-corrected chi connectivity index (χ1v) is 14.2. The molecular weight excluding hydrogens is 528 g/mol. The topological polar surface area (TPSA) is 86.7 Å². The van der Waals surface area contributed by atoms with E-state index in [4.69, 9.17) is 9.47 Å². The van der Waals surface area contributed by atoms with Crippen molar-refractivity contribution < 1.29 is 28.7 Å². The molecule has 0 spiro atoms. The second-order valence-electron chi connectivity index (χ2n) is 10.2. The van der Waals surface area contributed by atoms with E-state index < -0.39 is 23.8 Å². The number of hydrogen-bond donors (Lipinski definition) is 0. The molecule has 1 saturated carbocycles. The number of carbonyl (C=O) groups excluding carboxylic acids is 4. The summed E-state index contributed by atoms with van der Waals surface area (Å²) in [4.78, 5) is 52.9. The van der Waals surface area contributed by atoms with E-state index in [-0.39, 0.29) is 36.6 Å². The molecule has 4 aromatic carbocycles. The SMILES string of the molecule is CCOC(=O)c1ccc(C2C(C(=O)c3ccccc3)C(C(=O)c3ccccc3)C2c2ccc(C(=O)OCC)cc2)cc1. The van der Waals surface area contributed by atoms with Crippen LogP contribution in [0.3, 0.4) is 0 Å². The van der Waals surface area contributed by atoms with E-state index in [1.807, 2.05) is 60.7 Å². The molecule has 0 bridgehead atoms. The molecule has 0 heterocycles. The predicted octanol–water partition coefficient (Wildman–Crippen LogP) is 6.92. The molecule has 4 aromatic rings. The van der Waals surface area contributed by atoms with Crippen molar-refractivity contribution in [3.8, 4) is 0 Å². The van der Waals surface area contributed by atoms with Crippen LogP contribution in [-0.4, -0.2) is 36.7 Å². The van der Waals surface area contributed by atoms with Gasteiger partial charge < -0.3 is 9.47 Å². The largest absolute Gasteiger partial charge is 0.462 e. The molecule has 6 nitrogen and oxygen atoms in total. The van der Waals surface area contributed by atoms with Crippen molar-refractivity contribution in [3.05, 3.63) is 143 Å². The maximum atomic E-state index is 14.1. The molecule has 0 amide bonds. The van der Waals surface area contributed by atoms with Crippen LogP contribution in [0.1, 0.15) is 78.2 Å². The van der Waals surface area contributed by atoms with Crippen LogP contribution in [0, 0.1) is 11.8 Å². The normalized spacial score (nSPS) is 19.3. The summed E-state index contributed by atoms with van der Waals surface area (Å²) in [5.41, 5.74) is 3.59. The third kappa shape index (κ3) is 5.66. The molecule has 0 aromatic heterocycles. The van der Waals surface area contributed by atoms with Crippen molar-refractivity contribution >= 4 is 23.5 Å². The van der Waals surface area contributed by atoms with Crippen LogP contribution in [0.4, 0.5) is 0 Å². The van der Waals surface area contributed by atoms with Crippen LogP contribution in [0.15, 0.2) is 109 Å². The number of Topliss-reactive ketones (excluding diaryl/α,β-unsaturated/α-hetero) is 2. The van der Waals surface area contributed by atoms with E-state index >= 15 is 0 Å². The fourth-order valence-electron chi connectivity index (χ4n) is 5.93. The number of benzene rings is 4. The Morgan fingerprint density at radius 2 is 0.810 bits per heavy atom. The lowest BCUT2D eigenvalue weighted by molar-refractivity contribution is 0.0455. The summed E-state index contributed by atoms with van der Waals surface area (Å²) in [6, 6.07) is 32.2. The maximum Gasteiger partial charge on any atom is 0.338 e. The highest BCUT2D eigenvalue weighted by Gasteiger charge is 2.57. The summed E-state index contributed by atoms with van der Waals surface area (Å²) in [5, 5.41) is 0. The van der Waals surface area contributed by atoms with E-state index in [9.17, 15) is 19.2 Å². The van der Waals surface area contributed by atoms with Gasteiger partial charge >= 0.3 is 11.9 Å². The van der Waals surface area contributed by atoms with E-state index in [1.165, 1.54) is 0 Å². The minimum absolute atomic E-state index is 0.108. The predicted molar refractivity (Wildman–Crippen MR) is 159 cm³/mol. The zero-order valence-corrected chi connectivity index (χ0v) is 23.6. The molecule has 4 atom stereocenters. The van der Waals surface area contributed by atoms with Crippen LogP contribution in [0.25, 0.3) is 0 Å². The van der Waals surface area contributed by atoms with Crippen molar-refractivity contribution in [2.45, 2.75) is 25.7 Å². The van der Waals surface area contributed by atoms with Gasteiger partial charge in [-0.3, -0.25) is 9.59 Å². The number of rotatable bonds is 10. The summed E-state index contributed by atoms with van der Waals surface area (Å²) in [6.07, 6.45) is 0. The van der Waals surface area contributed by atoms with Crippen molar-refractivity contribution in [1.29, 1.82) is 0 Å². The fraction of sp³-hybridized carbons (Fsp3) is 0.222. The smallest absolute Gasteiger partial charge is 0.338 e. The minimum Gasteiger partial charge on any atom is -0.462 e. The highest BCUT2D eigenvalue weighted by Crippen LogP contribution is 2.59. The summed E-state index contributed by atoms with van der Waals surface area (Å²) in [6.45, 7) is 4.04. The van der Waals surface area contributed by atoms with Crippen molar-refractivity contribution in [1.82, 2.24) is 0 Å². The quantitative estimate of drug-likeness (QED) is 0.155. The Balaban J connectivity index is 1.61. The number of ether oxygens (including phenoxy) is 2. The molecule has 0 radical (unpaired) electrons. The lowest BCUT2D eigenvalue weighted by Crippen LogP contribution is -2.51. The maximum absolute atomic E-state index is 14.1.